The third-order valence-corrected chi connectivity index (χ3v) is 5.72. The number of hydrogen-bond donors (Lipinski definition) is 2. The highest BCUT2D eigenvalue weighted by Gasteiger charge is 2.14. The van der Waals surface area contributed by atoms with Crippen LogP contribution in [0.3, 0.4) is 0 Å². The molecule has 4 aromatic carbocycles. The number of fused-ring (bicyclic) bond motifs is 1. The molecule has 0 saturated carbocycles. The van der Waals surface area contributed by atoms with Crippen molar-refractivity contribution in [1.29, 1.82) is 0 Å². The van der Waals surface area contributed by atoms with Gasteiger partial charge in [0, 0.05) is 11.3 Å². The summed E-state index contributed by atoms with van der Waals surface area (Å²) in [7, 11) is 3.10. The molecule has 0 bridgehead atoms. The van der Waals surface area contributed by atoms with Crippen LogP contribution in [0.25, 0.3) is 10.8 Å². The Morgan fingerprint density at radius 1 is 0.811 bits per heavy atom. The van der Waals surface area contributed by atoms with Gasteiger partial charge < -0.3 is 19.5 Å². The van der Waals surface area contributed by atoms with Crippen molar-refractivity contribution in [1.82, 2.24) is 5.43 Å². The Hall–Kier alpha value is -4.85. The van der Waals surface area contributed by atoms with E-state index in [0.717, 1.165) is 16.3 Å². The summed E-state index contributed by atoms with van der Waals surface area (Å²) in [5, 5.41) is 8.85. The van der Waals surface area contributed by atoms with E-state index < -0.39 is 11.8 Å². The van der Waals surface area contributed by atoms with Crippen molar-refractivity contribution in [3.8, 4) is 17.2 Å². The number of benzene rings is 4. The summed E-state index contributed by atoms with van der Waals surface area (Å²) in [6.45, 7) is 2.09. The van der Waals surface area contributed by atoms with E-state index in [-0.39, 0.29) is 0 Å². The Labute approximate surface area is 214 Å². The average molecular weight is 498 g/mol. The van der Waals surface area contributed by atoms with Gasteiger partial charge in [-0.05, 0) is 65.7 Å². The van der Waals surface area contributed by atoms with E-state index in [1.807, 2.05) is 30.3 Å². The van der Waals surface area contributed by atoms with E-state index in [0.29, 0.717) is 40.8 Å². The third-order valence-electron chi connectivity index (χ3n) is 5.72. The molecule has 4 aromatic rings. The first kappa shape index (κ1) is 25.2. The summed E-state index contributed by atoms with van der Waals surface area (Å²) in [4.78, 5) is 24.4. The number of rotatable bonds is 8. The van der Waals surface area contributed by atoms with Gasteiger partial charge in [0.2, 0.25) is 0 Å². The minimum absolute atomic E-state index is 0.378. The molecule has 0 saturated heterocycles. The molecule has 0 aliphatic rings. The maximum atomic E-state index is 12.2. The second-order valence-corrected chi connectivity index (χ2v) is 8.11. The van der Waals surface area contributed by atoms with E-state index in [1.54, 1.807) is 57.5 Å². The monoisotopic (exact) mass is 497 g/mol. The van der Waals surface area contributed by atoms with Crippen LogP contribution in [0.5, 0.6) is 17.2 Å². The van der Waals surface area contributed by atoms with Gasteiger partial charge in [0.1, 0.15) is 12.4 Å². The summed E-state index contributed by atoms with van der Waals surface area (Å²) in [6.07, 6.45) is 0. The van der Waals surface area contributed by atoms with Crippen molar-refractivity contribution >= 4 is 34.0 Å². The molecule has 8 nitrogen and oxygen atoms in total. The normalized spacial score (nSPS) is 11.1. The lowest BCUT2D eigenvalue weighted by molar-refractivity contribution is -0.136. The highest BCUT2D eigenvalue weighted by atomic mass is 16.5. The number of anilines is 1. The molecular weight excluding hydrogens is 470 g/mol. The molecule has 0 atom stereocenters. The summed E-state index contributed by atoms with van der Waals surface area (Å²) in [5.41, 5.74) is 5.00. The van der Waals surface area contributed by atoms with Crippen molar-refractivity contribution in [3.63, 3.8) is 0 Å². The second kappa shape index (κ2) is 11.7. The molecule has 0 spiro atoms. The van der Waals surface area contributed by atoms with Gasteiger partial charge in [0.25, 0.3) is 0 Å². The first-order valence-corrected chi connectivity index (χ1v) is 11.6. The van der Waals surface area contributed by atoms with Gasteiger partial charge in [-0.25, -0.2) is 5.43 Å². The smallest absolute Gasteiger partial charge is 0.329 e. The van der Waals surface area contributed by atoms with Gasteiger partial charge >= 0.3 is 11.8 Å². The first-order chi connectivity index (χ1) is 18.0. The van der Waals surface area contributed by atoms with Crippen LogP contribution in [0.1, 0.15) is 18.1 Å². The Morgan fingerprint density at radius 3 is 2.32 bits per heavy atom. The van der Waals surface area contributed by atoms with E-state index in [2.05, 4.69) is 34.0 Å². The fourth-order valence-corrected chi connectivity index (χ4v) is 3.70. The minimum atomic E-state index is -0.892. The standard InChI is InChI=1S/C29H27N3O5/c1-19(31-32-29(34)28(33)30-23-12-14-24(35-2)15-13-23)21-11-16-26(27(17-21)36-3)37-18-22-9-6-8-20-7-4-5-10-25(20)22/h4-17H,18H2,1-3H3,(H,30,33)(H,32,34)/b31-19+. The maximum Gasteiger partial charge on any atom is 0.329 e. The van der Waals surface area contributed by atoms with E-state index in [9.17, 15) is 9.59 Å². The topological polar surface area (TPSA) is 98.2 Å². The molecule has 0 heterocycles. The van der Waals surface area contributed by atoms with Gasteiger partial charge in [0.05, 0.1) is 19.9 Å². The molecule has 2 amide bonds. The average Bonchev–Trinajstić information content (AvgIpc) is 2.94. The lowest BCUT2D eigenvalue weighted by Crippen LogP contribution is -2.32. The third kappa shape index (κ3) is 6.24. The van der Waals surface area contributed by atoms with Crippen LogP contribution in [0, 0.1) is 0 Å². The van der Waals surface area contributed by atoms with Gasteiger partial charge in [-0.1, -0.05) is 42.5 Å². The van der Waals surface area contributed by atoms with E-state index >= 15 is 0 Å². The zero-order valence-electron chi connectivity index (χ0n) is 20.8. The Bertz CT molecular complexity index is 1440. The molecule has 0 aliphatic carbocycles. The molecule has 2 N–H and O–H groups in total. The number of amides is 2. The lowest BCUT2D eigenvalue weighted by atomic mass is 10.1. The fraction of sp³-hybridized carbons (Fsp3) is 0.138. The number of hydrazone groups is 1. The largest absolute Gasteiger partial charge is 0.497 e. The summed E-state index contributed by atoms with van der Waals surface area (Å²) >= 11 is 0. The number of hydrogen-bond acceptors (Lipinski definition) is 6. The molecule has 8 heteroatoms. The Kier molecular flexibility index (Phi) is 8.00. The number of nitrogens with zero attached hydrogens (tertiary/aromatic N) is 1. The number of nitrogens with one attached hydrogen (secondary N) is 2. The van der Waals surface area contributed by atoms with Crippen LogP contribution in [-0.4, -0.2) is 31.7 Å². The van der Waals surface area contributed by atoms with Crippen LogP contribution in [0.4, 0.5) is 5.69 Å². The first-order valence-electron chi connectivity index (χ1n) is 11.6. The number of carbonyl (C=O) groups excluding carboxylic acids is 2. The molecule has 0 aliphatic heterocycles. The zero-order chi connectivity index (χ0) is 26.2. The van der Waals surface area contributed by atoms with E-state index in [1.165, 1.54) is 0 Å². The van der Waals surface area contributed by atoms with Crippen molar-refractivity contribution in [2.24, 2.45) is 5.10 Å². The second-order valence-electron chi connectivity index (χ2n) is 8.11. The van der Waals surface area contributed by atoms with Crippen LogP contribution >= 0.6 is 0 Å². The highest BCUT2D eigenvalue weighted by molar-refractivity contribution is 6.39. The molecule has 188 valence electrons. The molecular formula is C29H27N3O5. The number of ether oxygens (including phenoxy) is 3. The quantitative estimate of drug-likeness (QED) is 0.205. The van der Waals surface area contributed by atoms with Crippen molar-refractivity contribution < 1.29 is 23.8 Å². The Balaban J connectivity index is 1.39. The summed E-state index contributed by atoms with van der Waals surface area (Å²) < 4.78 is 16.7. The maximum absolute atomic E-state index is 12.2. The lowest BCUT2D eigenvalue weighted by Gasteiger charge is -2.13. The molecule has 0 unspecified atom stereocenters. The molecule has 0 fully saturated rings. The van der Waals surface area contributed by atoms with Crippen molar-refractivity contribution in [2.45, 2.75) is 13.5 Å². The Morgan fingerprint density at radius 2 is 1.57 bits per heavy atom. The van der Waals surface area contributed by atoms with Crippen LogP contribution in [-0.2, 0) is 16.2 Å². The van der Waals surface area contributed by atoms with Crippen LogP contribution in [0.2, 0.25) is 0 Å². The number of methoxy groups -OCH3 is 2. The molecule has 4 rings (SSSR count). The van der Waals surface area contributed by atoms with Crippen molar-refractivity contribution in [3.05, 3.63) is 96.1 Å². The van der Waals surface area contributed by atoms with Gasteiger partial charge in [-0.2, -0.15) is 5.10 Å². The van der Waals surface area contributed by atoms with Gasteiger partial charge in [-0.15, -0.1) is 0 Å². The number of carbonyl (C=O) groups is 2. The SMILES string of the molecule is COc1ccc(NC(=O)C(=O)N/N=C(\C)c2ccc(OCc3cccc4ccccc34)c(OC)c2)cc1. The predicted molar refractivity (Wildman–Crippen MR) is 143 cm³/mol. The van der Waals surface area contributed by atoms with Crippen LogP contribution < -0.4 is 25.0 Å². The molecule has 37 heavy (non-hydrogen) atoms. The highest BCUT2D eigenvalue weighted by Crippen LogP contribution is 2.30. The minimum Gasteiger partial charge on any atom is -0.497 e. The predicted octanol–water partition coefficient (Wildman–Crippen LogP) is 4.91. The molecule has 0 radical (unpaired) electrons. The van der Waals surface area contributed by atoms with Crippen molar-refractivity contribution in [2.75, 3.05) is 19.5 Å². The van der Waals surface area contributed by atoms with Crippen LogP contribution in [0.15, 0.2) is 90.0 Å². The van der Waals surface area contributed by atoms with Gasteiger partial charge in [-0.3, -0.25) is 9.59 Å². The summed E-state index contributed by atoms with van der Waals surface area (Å²) in [6, 6.07) is 26.2. The van der Waals surface area contributed by atoms with E-state index in [4.69, 9.17) is 14.2 Å². The fourth-order valence-electron chi connectivity index (χ4n) is 3.70. The zero-order valence-corrected chi connectivity index (χ0v) is 20.8. The van der Waals surface area contributed by atoms with Gasteiger partial charge in [0.15, 0.2) is 11.5 Å². The summed E-state index contributed by atoms with van der Waals surface area (Å²) in [5.74, 6) is 0.0162. The molecule has 0 aromatic heterocycles.